The number of rotatable bonds is 4. The van der Waals surface area contributed by atoms with Crippen LogP contribution in [-0.4, -0.2) is 24.8 Å². The minimum absolute atomic E-state index is 0.0229. The van der Waals surface area contributed by atoms with E-state index in [9.17, 15) is 21.6 Å². The van der Waals surface area contributed by atoms with Crippen LogP contribution in [0.5, 0.6) is 5.88 Å². The minimum atomic E-state index is -4.42. The molecule has 0 saturated carbocycles. The topological polar surface area (TPSA) is 92.9 Å². The Morgan fingerprint density at radius 1 is 1.12 bits per heavy atom. The molecule has 0 radical (unpaired) electrons. The summed E-state index contributed by atoms with van der Waals surface area (Å²) in [6.07, 6.45) is -4.42. The van der Waals surface area contributed by atoms with Crippen LogP contribution in [0.4, 0.5) is 13.2 Å². The van der Waals surface area contributed by atoms with Crippen molar-refractivity contribution in [3.8, 4) is 11.9 Å². The maximum Gasteiger partial charge on any atom is 0.395 e. The number of alkyl halides is 3. The summed E-state index contributed by atoms with van der Waals surface area (Å²) in [4.78, 5) is -0.327. The highest BCUT2D eigenvalue weighted by Gasteiger charge is 2.37. The van der Waals surface area contributed by atoms with Crippen molar-refractivity contribution in [2.24, 2.45) is 0 Å². The molecule has 10 heteroatoms. The van der Waals surface area contributed by atoms with E-state index in [-0.39, 0.29) is 22.0 Å². The van der Waals surface area contributed by atoms with Crippen molar-refractivity contribution in [2.75, 3.05) is 0 Å². The molecule has 1 heterocycles. The second kappa shape index (κ2) is 6.45. The summed E-state index contributed by atoms with van der Waals surface area (Å²) in [5.74, 6) is -2.08. The lowest BCUT2D eigenvalue weighted by Gasteiger charge is -2.16. The van der Waals surface area contributed by atoms with Gasteiger partial charge in [0.25, 0.3) is 5.88 Å². The Morgan fingerprint density at radius 2 is 1.75 bits per heavy atom. The third-order valence-electron chi connectivity index (χ3n) is 3.11. The molecule has 2 rings (SSSR count). The lowest BCUT2D eigenvalue weighted by Crippen LogP contribution is -2.18. The zero-order valence-electron chi connectivity index (χ0n) is 12.1. The molecular weight excluding hydrogens is 347 g/mol. The fourth-order valence-electron chi connectivity index (χ4n) is 1.70. The summed E-state index contributed by atoms with van der Waals surface area (Å²) in [5.41, 5.74) is -0.0927. The molecule has 0 N–H and O–H groups in total. The molecule has 0 bridgehead atoms. The van der Waals surface area contributed by atoms with Gasteiger partial charge in [-0.25, -0.2) is 0 Å². The van der Waals surface area contributed by atoms with E-state index in [4.69, 9.17) is 9.44 Å². The second-order valence-corrected chi connectivity index (χ2v) is 6.28. The summed E-state index contributed by atoms with van der Waals surface area (Å²) in [6, 6.07) is 8.24. The molecule has 0 amide bonds. The summed E-state index contributed by atoms with van der Waals surface area (Å²) < 4.78 is 66.7. The number of nitrogens with zero attached hydrogens (tertiary/aromatic N) is 3. The van der Waals surface area contributed by atoms with Crippen molar-refractivity contribution in [3.05, 3.63) is 47.7 Å². The highest BCUT2D eigenvalue weighted by molar-refractivity contribution is 7.87. The van der Waals surface area contributed by atoms with E-state index in [2.05, 4.69) is 10.2 Å². The number of halogens is 3. The Labute approximate surface area is 135 Å². The van der Waals surface area contributed by atoms with Gasteiger partial charge in [0.05, 0.1) is 5.92 Å². The highest BCUT2D eigenvalue weighted by Crippen LogP contribution is 2.34. The molecule has 0 aliphatic heterocycles. The first-order chi connectivity index (χ1) is 11.1. The van der Waals surface area contributed by atoms with E-state index in [0.29, 0.717) is 0 Å². The lowest BCUT2D eigenvalue weighted by molar-refractivity contribution is -0.146. The van der Waals surface area contributed by atoms with Crippen LogP contribution >= 0.6 is 0 Å². The molecule has 6 nitrogen and oxygen atoms in total. The van der Waals surface area contributed by atoms with Crippen molar-refractivity contribution in [3.63, 3.8) is 0 Å². The summed E-state index contributed by atoms with van der Waals surface area (Å²) in [5, 5.41) is 15.4. The van der Waals surface area contributed by atoms with Crippen LogP contribution in [0.2, 0.25) is 0 Å². The number of hydrogen-bond donors (Lipinski definition) is 0. The van der Waals surface area contributed by atoms with Gasteiger partial charge in [-0.3, -0.25) is 0 Å². The summed E-state index contributed by atoms with van der Waals surface area (Å²) in [6.45, 7) is 0.979. The lowest BCUT2D eigenvalue weighted by atomic mass is 10.0. The van der Waals surface area contributed by atoms with Crippen LogP contribution in [-0.2, 0) is 10.1 Å². The first-order valence-electron chi connectivity index (χ1n) is 6.48. The van der Waals surface area contributed by atoms with Gasteiger partial charge in [0.1, 0.15) is 11.0 Å². The van der Waals surface area contributed by atoms with Crippen LogP contribution in [0, 0.1) is 11.3 Å². The second-order valence-electron chi connectivity index (χ2n) is 4.74. The smallest absolute Gasteiger partial charge is 0.357 e. The van der Waals surface area contributed by atoms with Crippen LogP contribution in [0.25, 0.3) is 0 Å². The van der Waals surface area contributed by atoms with Gasteiger partial charge < -0.3 is 4.18 Å². The molecule has 1 aromatic heterocycles. The van der Waals surface area contributed by atoms with Gasteiger partial charge in [0.15, 0.2) is 5.69 Å². The van der Waals surface area contributed by atoms with Crippen molar-refractivity contribution in [1.29, 1.82) is 5.26 Å². The Hall–Kier alpha value is -2.67. The van der Waals surface area contributed by atoms with Gasteiger partial charge in [-0.15, -0.1) is 10.2 Å². The minimum Gasteiger partial charge on any atom is -0.357 e. The molecule has 2 aromatic rings. The Balaban J connectivity index is 2.22. The molecule has 1 atom stereocenters. The quantitative estimate of drug-likeness (QED) is 0.781. The van der Waals surface area contributed by atoms with Crippen molar-refractivity contribution in [2.45, 2.75) is 23.9 Å². The van der Waals surface area contributed by atoms with E-state index < -0.39 is 22.2 Å². The highest BCUT2D eigenvalue weighted by atomic mass is 32.2. The molecular formula is C14H10F3N3O3S. The van der Waals surface area contributed by atoms with Crippen LogP contribution in [0.15, 0.2) is 41.3 Å². The first kappa shape index (κ1) is 17.7. The Morgan fingerprint density at radius 3 is 2.21 bits per heavy atom. The molecule has 1 aromatic carbocycles. The van der Waals surface area contributed by atoms with Gasteiger partial charge in [0, 0.05) is 6.07 Å². The van der Waals surface area contributed by atoms with E-state index in [0.717, 1.165) is 37.3 Å². The van der Waals surface area contributed by atoms with Crippen LogP contribution < -0.4 is 4.18 Å². The monoisotopic (exact) mass is 357 g/mol. The van der Waals surface area contributed by atoms with Crippen LogP contribution in [0.1, 0.15) is 24.1 Å². The van der Waals surface area contributed by atoms with Gasteiger partial charge in [-0.05, 0) is 30.7 Å². The first-order valence-corrected chi connectivity index (χ1v) is 7.89. The maximum absolute atomic E-state index is 12.6. The molecule has 0 fully saturated rings. The number of aromatic nitrogens is 2. The SMILES string of the molecule is CC(c1ccc(S(=O)(=O)Oc2ccc(C#N)nn2)cc1)C(F)(F)F. The number of benzene rings is 1. The number of hydrogen-bond acceptors (Lipinski definition) is 6. The predicted octanol–water partition coefficient (Wildman–Crippen LogP) is 2.78. The molecule has 0 aliphatic carbocycles. The third-order valence-corrected chi connectivity index (χ3v) is 4.35. The number of nitriles is 1. The zero-order chi connectivity index (χ0) is 18.0. The fourth-order valence-corrected chi connectivity index (χ4v) is 2.58. The molecule has 0 spiro atoms. The zero-order valence-corrected chi connectivity index (χ0v) is 13.0. The maximum atomic E-state index is 12.6. The largest absolute Gasteiger partial charge is 0.395 e. The molecule has 0 saturated heterocycles. The molecule has 1 unspecified atom stereocenters. The summed E-state index contributed by atoms with van der Waals surface area (Å²) >= 11 is 0. The predicted molar refractivity (Wildman–Crippen MR) is 75.5 cm³/mol. The molecule has 0 aliphatic rings. The van der Waals surface area contributed by atoms with Crippen molar-refractivity contribution < 1.29 is 25.8 Å². The fraction of sp³-hybridized carbons (Fsp3) is 0.214. The van der Waals surface area contributed by atoms with E-state index in [1.165, 1.54) is 6.07 Å². The van der Waals surface area contributed by atoms with Gasteiger partial charge >= 0.3 is 16.3 Å². The Bertz CT molecular complexity index is 857. The van der Waals surface area contributed by atoms with E-state index in [1.54, 1.807) is 6.07 Å². The standard InChI is InChI=1S/C14H10F3N3O3S/c1-9(14(15,16)17)10-2-5-12(6-3-10)24(21,22)23-13-7-4-11(8-18)19-20-13/h2-7,9H,1H3. The average molecular weight is 357 g/mol. The average Bonchev–Trinajstić information content (AvgIpc) is 2.54. The normalized spacial score (nSPS) is 13.1. The van der Waals surface area contributed by atoms with Crippen molar-refractivity contribution in [1.82, 2.24) is 10.2 Å². The van der Waals surface area contributed by atoms with Crippen LogP contribution in [0.3, 0.4) is 0 Å². The van der Waals surface area contributed by atoms with Gasteiger partial charge in [-0.2, -0.15) is 26.9 Å². The van der Waals surface area contributed by atoms with E-state index in [1.807, 2.05) is 0 Å². The molecule has 126 valence electrons. The van der Waals surface area contributed by atoms with Crippen molar-refractivity contribution >= 4 is 10.1 Å². The molecule has 24 heavy (non-hydrogen) atoms. The van der Waals surface area contributed by atoms with Gasteiger partial charge in [-0.1, -0.05) is 12.1 Å². The third kappa shape index (κ3) is 3.99. The summed E-state index contributed by atoms with van der Waals surface area (Å²) in [7, 11) is -4.28. The van der Waals surface area contributed by atoms with Gasteiger partial charge in [0.2, 0.25) is 0 Å². The van der Waals surface area contributed by atoms with E-state index >= 15 is 0 Å². The Kier molecular flexibility index (Phi) is 4.75.